The number of hydrogen-bond acceptors (Lipinski definition) is 16. The maximum atomic E-state index is 14.4. The van der Waals surface area contributed by atoms with E-state index in [-0.39, 0.29) is 66.4 Å². The van der Waals surface area contributed by atoms with Crippen LogP contribution in [0.5, 0.6) is 11.5 Å². The highest BCUT2D eigenvalue weighted by atomic mass is 32.2. The zero-order chi connectivity index (χ0) is 51.0. The maximum Gasteiger partial charge on any atom is 0.407 e. The Morgan fingerprint density at radius 1 is 0.958 bits per heavy atom. The minimum Gasteiger partial charge on any atom is -0.491 e. The number of amides is 3. The number of ether oxygens (including phenoxy) is 4. The van der Waals surface area contributed by atoms with Crippen molar-refractivity contribution in [1.29, 1.82) is 0 Å². The summed E-state index contributed by atoms with van der Waals surface area (Å²) in [6.07, 6.45) is 0.686. The number of aromatic nitrogens is 5. The topological polar surface area (TPSA) is 246 Å². The molecule has 3 aromatic carbocycles. The van der Waals surface area contributed by atoms with Gasteiger partial charge in [-0.1, -0.05) is 12.1 Å². The van der Waals surface area contributed by atoms with E-state index in [1.807, 2.05) is 13.8 Å². The molecule has 0 aliphatic carbocycles. The monoisotopic (exact) mass is 1010 g/mol. The molecule has 376 valence electrons. The molecule has 71 heavy (non-hydrogen) atoms. The second kappa shape index (κ2) is 22.4. The quantitative estimate of drug-likeness (QED) is 0.0458. The van der Waals surface area contributed by atoms with Gasteiger partial charge in [0.15, 0.2) is 21.8 Å². The maximum absolute atomic E-state index is 14.4. The van der Waals surface area contributed by atoms with Crippen molar-refractivity contribution in [2.75, 3.05) is 45.3 Å². The molecule has 7 rings (SSSR count). The molecule has 4 heterocycles. The second-order valence-corrected chi connectivity index (χ2v) is 21.3. The molecule has 3 aromatic heterocycles. The molecule has 19 nitrogen and oxygen atoms in total. The number of aryl methyl sites for hydroxylation is 1. The Hall–Kier alpha value is -7.04. The van der Waals surface area contributed by atoms with E-state index in [0.717, 1.165) is 11.3 Å². The van der Waals surface area contributed by atoms with Crippen LogP contribution >= 0.6 is 11.3 Å². The number of hydrogen-bond donors (Lipinski definition) is 4. The molecule has 1 aliphatic rings. The zero-order valence-corrected chi connectivity index (χ0v) is 42.0. The summed E-state index contributed by atoms with van der Waals surface area (Å²) in [5, 5.41) is 18.1. The van der Waals surface area contributed by atoms with E-state index in [0.29, 0.717) is 58.2 Å². The number of nitrogens with one attached hydrogen (secondary N) is 4. The lowest BCUT2D eigenvalue weighted by molar-refractivity contribution is -0.139. The van der Waals surface area contributed by atoms with Crippen LogP contribution in [0.4, 0.5) is 20.8 Å². The number of alkyl carbamates (subject to hydrolysis) is 1. The molecule has 3 atom stereocenters. The summed E-state index contributed by atoms with van der Waals surface area (Å²) in [5.74, 6) is -0.292. The number of carbonyl (C=O) groups excluding carboxylic acids is 4. The highest BCUT2D eigenvalue weighted by molar-refractivity contribution is 7.92. The minimum atomic E-state index is -3.90. The molecule has 22 heteroatoms. The Morgan fingerprint density at radius 3 is 2.35 bits per heavy atom. The average molecular weight is 1010 g/mol. The number of rotatable bonds is 20. The fourth-order valence-electron chi connectivity index (χ4n) is 7.57. The Balaban J connectivity index is 0.957. The molecule has 1 fully saturated rings. The number of carbonyl (C=O) groups is 4. The van der Waals surface area contributed by atoms with E-state index < -0.39 is 50.6 Å². The summed E-state index contributed by atoms with van der Waals surface area (Å²) in [5.41, 5.74) is 3.40. The first kappa shape index (κ1) is 51.8. The van der Waals surface area contributed by atoms with Gasteiger partial charge in [0.1, 0.15) is 64.3 Å². The first-order chi connectivity index (χ1) is 33.8. The number of anilines is 2. The lowest BCUT2D eigenvalue weighted by Crippen LogP contribution is -2.52. The molecular weight excluding hydrogens is 958 g/mol. The van der Waals surface area contributed by atoms with Gasteiger partial charge in [0, 0.05) is 53.7 Å². The zero-order valence-electron chi connectivity index (χ0n) is 40.3. The summed E-state index contributed by atoms with van der Waals surface area (Å²) < 4.78 is 62.9. The Labute approximate surface area is 414 Å². The van der Waals surface area contributed by atoms with Crippen LogP contribution in [0.25, 0.3) is 10.9 Å². The summed E-state index contributed by atoms with van der Waals surface area (Å²) >= 11 is 1.24. The van der Waals surface area contributed by atoms with Gasteiger partial charge in [-0.3, -0.25) is 19.5 Å². The van der Waals surface area contributed by atoms with Gasteiger partial charge in [0.05, 0.1) is 29.5 Å². The van der Waals surface area contributed by atoms with Crippen molar-refractivity contribution in [2.45, 2.75) is 88.6 Å². The number of aromatic amines is 1. The largest absolute Gasteiger partial charge is 0.491 e. The van der Waals surface area contributed by atoms with Crippen LogP contribution in [0.2, 0.25) is 0 Å². The lowest BCUT2D eigenvalue weighted by Gasteiger charge is -2.29. The van der Waals surface area contributed by atoms with Crippen molar-refractivity contribution in [1.82, 2.24) is 40.7 Å². The van der Waals surface area contributed by atoms with Crippen LogP contribution in [-0.2, 0) is 35.3 Å². The number of benzene rings is 3. The molecule has 0 spiro atoms. The number of halogens is 1. The first-order valence-corrected chi connectivity index (χ1v) is 25.2. The van der Waals surface area contributed by atoms with E-state index in [2.05, 4.69) is 41.1 Å². The summed E-state index contributed by atoms with van der Waals surface area (Å²) in [4.78, 5) is 67.7. The molecule has 1 aliphatic heterocycles. The molecule has 0 radical (unpaired) electrons. The number of likely N-dealkylation sites (tertiary alicyclic amines) is 1. The molecule has 2 unspecified atom stereocenters. The SMILES string of the molecule is CNC(=O)OC(C)C(=O)NC(Cc1ccc(OCCOCCOc2cc3ncnc(Nc4n[nH]c(C)c4C)c3cc2S(=O)(=O)C(C)(C)C)cc1)C(=O)N1CCC[C@H]1c1nc(C(=O)c2ccc(F)cc2)cs1. The van der Waals surface area contributed by atoms with Crippen molar-refractivity contribution < 1.29 is 50.9 Å². The van der Waals surface area contributed by atoms with Crippen molar-refractivity contribution in [3.05, 3.63) is 111 Å². The van der Waals surface area contributed by atoms with Gasteiger partial charge >= 0.3 is 6.09 Å². The predicted octanol–water partition coefficient (Wildman–Crippen LogP) is 6.72. The van der Waals surface area contributed by atoms with E-state index >= 15 is 0 Å². The van der Waals surface area contributed by atoms with Crippen molar-refractivity contribution in [2.24, 2.45) is 0 Å². The molecule has 0 saturated carbocycles. The number of fused-ring (bicyclic) bond motifs is 1. The number of H-pyrrole nitrogens is 1. The smallest absolute Gasteiger partial charge is 0.407 e. The first-order valence-electron chi connectivity index (χ1n) is 22.8. The van der Waals surface area contributed by atoms with Gasteiger partial charge in [0.2, 0.25) is 11.7 Å². The highest BCUT2D eigenvalue weighted by Gasteiger charge is 2.38. The van der Waals surface area contributed by atoms with Crippen LogP contribution in [-0.4, -0.2) is 119 Å². The van der Waals surface area contributed by atoms with Crippen molar-refractivity contribution in [3.63, 3.8) is 0 Å². The number of ketones is 1. The highest BCUT2D eigenvalue weighted by Crippen LogP contribution is 2.38. The van der Waals surface area contributed by atoms with Gasteiger partial charge in [-0.05, 0) is 102 Å². The normalized spacial score (nSPS) is 14.7. The van der Waals surface area contributed by atoms with Crippen LogP contribution in [0.15, 0.2) is 77.3 Å². The van der Waals surface area contributed by atoms with Gasteiger partial charge in [0.25, 0.3) is 5.91 Å². The molecule has 0 bridgehead atoms. The van der Waals surface area contributed by atoms with Crippen molar-refractivity contribution >= 4 is 67.4 Å². The minimum absolute atomic E-state index is 0.0104. The molecule has 3 amide bonds. The fourth-order valence-corrected chi connectivity index (χ4v) is 9.83. The van der Waals surface area contributed by atoms with E-state index in [1.165, 1.54) is 62.0 Å². The van der Waals surface area contributed by atoms with Gasteiger partial charge in [-0.15, -0.1) is 11.3 Å². The third-order valence-electron chi connectivity index (χ3n) is 11.8. The third kappa shape index (κ3) is 12.3. The summed E-state index contributed by atoms with van der Waals surface area (Å²) in [6, 6.07) is 13.8. The summed E-state index contributed by atoms with van der Waals surface area (Å²) in [7, 11) is -2.53. The average Bonchev–Trinajstić information content (AvgIpc) is 4.11. The Bertz CT molecular complexity index is 3000. The van der Waals surface area contributed by atoms with E-state index in [4.69, 9.17) is 18.9 Å². The van der Waals surface area contributed by atoms with Crippen molar-refractivity contribution in [3.8, 4) is 11.5 Å². The third-order valence-corrected chi connectivity index (χ3v) is 15.2. The van der Waals surface area contributed by atoms with Gasteiger partial charge in [-0.2, -0.15) is 5.10 Å². The fraction of sp³-hybridized carbons (Fsp3) is 0.388. The van der Waals surface area contributed by atoms with Gasteiger partial charge < -0.3 is 39.8 Å². The number of nitrogens with zero attached hydrogens (tertiary/aromatic N) is 5. The molecule has 1 saturated heterocycles. The van der Waals surface area contributed by atoms with Crippen LogP contribution < -0.4 is 25.4 Å². The second-order valence-electron chi connectivity index (χ2n) is 17.7. The molecule has 6 aromatic rings. The van der Waals surface area contributed by atoms with Gasteiger partial charge in [-0.25, -0.2) is 32.6 Å². The van der Waals surface area contributed by atoms with E-state index in [9.17, 15) is 32.0 Å². The number of sulfone groups is 1. The van der Waals surface area contributed by atoms with Crippen LogP contribution in [0.3, 0.4) is 0 Å². The standard InChI is InChI=1S/C49H56FN9O10S2/c1-28-29(2)57-58-43(28)56-44-35-24-41(71(64,65)49(4,5)6)40(25-36(35)52-27-53-44)68-22-20-66-19-21-67-34-16-10-31(11-17-34)23-37(54-45(61)30(3)69-48(63)51-7)47(62)59-18-8-9-39(59)46-55-38(26-70-46)42(60)32-12-14-33(50)15-13-32/h10-17,24-27,30,37,39H,8-9,18-23H2,1-7H3,(H,51,63)(H,54,61)(H2,52,53,56,57,58)/t30?,37?,39-/m0/s1. The van der Waals surface area contributed by atoms with Crippen LogP contribution in [0.1, 0.15) is 84.5 Å². The lowest BCUT2D eigenvalue weighted by atomic mass is 10.0. The Morgan fingerprint density at radius 2 is 1.68 bits per heavy atom. The summed E-state index contributed by atoms with van der Waals surface area (Å²) in [6.45, 7) is 10.9. The van der Waals surface area contributed by atoms with Crippen LogP contribution in [0, 0.1) is 19.7 Å². The Kier molecular flexibility index (Phi) is 16.3. The number of thiazole rings is 1. The molecule has 4 N–H and O–H groups in total. The predicted molar refractivity (Wildman–Crippen MR) is 262 cm³/mol. The molecular formula is C49H56FN9O10S2. The van der Waals surface area contributed by atoms with E-state index in [1.54, 1.807) is 61.4 Å².